The predicted molar refractivity (Wildman–Crippen MR) is 103 cm³/mol. The summed E-state index contributed by atoms with van der Waals surface area (Å²) in [5, 5.41) is 16.3. The number of benzene rings is 2. The molecule has 0 amide bonds. The first kappa shape index (κ1) is 17.9. The Labute approximate surface area is 161 Å². The second-order valence-corrected chi connectivity index (χ2v) is 6.86. The molecule has 2 aromatic carbocycles. The third-order valence-electron chi connectivity index (χ3n) is 4.08. The van der Waals surface area contributed by atoms with Crippen molar-refractivity contribution in [1.29, 1.82) is 0 Å². The maximum atomic E-state index is 13.3. The van der Waals surface area contributed by atoms with Crippen LogP contribution in [0.2, 0.25) is 0 Å². The highest BCUT2D eigenvalue weighted by molar-refractivity contribution is 7.99. The van der Waals surface area contributed by atoms with Crippen LogP contribution in [0.5, 0.6) is 0 Å². The highest BCUT2D eigenvalue weighted by Gasteiger charge is 2.15. The first-order chi connectivity index (χ1) is 13.5. The fourth-order valence-corrected chi connectivity index (χ4v) is 3.53. The third kappa shape index (κ3) is 3.39. The molecule has 4 rings (SSSR count). The smallest absolute Gasteiger partial charge is 0.313 e. The number of hydrogen-bond donors (Lipinski definition) is 2. The zero-order valence-corrected chi connectivity index (χ0v) is 15.1. The van der Waals surface area contributed by atoms with Crippen LogP contribution in [0.25, 0.3) is 27.7 Å². The first-order valence-corrected chi connectivity index (χ1v) is 9.18. The van der Waals surface area contributed by atoms with E-state index in [4.69, 9.17) is 5.11 Å². The molecular weight excluding hydrogens is 383 g/mol. The highest BCUT2D eigenvalue weighted by atomic mass is 32.2. The number of aliphatic carboxylic acids is 1. The van der Waals surface area contributed by atoms with E-state index in [1.807, 2.05) is 0 Å². The van der Waals surface area contributed by atoms with Gasteiger partial charge in [0.1, 0.15) is 5.82 Å². The molecule has 0 saturated carbocycles. The maximum Gasteiger partial charge on any atom is 0.313 e. The van der Waals surface area contributed by atoms with Crippen LogP contribution in [0.4, 0.5) is 4.39 Å². The van der Waals surface area contributed by atoms with Gasteiger partial charge in [0.15, 0.2) is 5.16 Å². The van der Waals surface area contributed by atoms with Crippen LogP contribution in [0, 0.1) is 5.82 Å². The quantitative estimate of drug-likeness (QED) is 0.397. The molecule has 0 bridgehead atoms. The molecule has 0 fully saturated rings. The van der Waals surface area contributed by atoms with Crippen molar-refractivity contribution >= 4 is 28.6 Å². The normalized spacial score (nSPS) is 11.0. The van der Waals surface area contributed by atoms with E-state index < -0.39 is 11.8 Å². The molecule has 0 spiro atoms. The molecule has 0 unspecified atom stereocenters. The summed E-state index contributed by atoms with van der Waals surface area (Å²) < 4.78 is 14.6. The van der Waals surface area contributed by atoms with Gasteiger partial charge in [0.25, 0.3) is 5.56 Å². The lowest BCUT2D eigenvalue weighted by atomic mass is 10.1. The molecule has 0 aliphatic carbocycles. The van der Waals surface area contributed by atoms with Crippen molar-refractivity contribution < 1.29 is 14.3 Å². The van der Waals surface area contributed by atoms with Gasteiger partial charge in [0.05, 0.1) is 28.5 Å². The lowest BCUT2D eigenvalue weighted by molar-refractivity contribution is -0.133. The molecule has 9 heteroatoms. The average Bonchev–Trinajstić information content (AvgIpc) is 3.22. The molecule has 0 saturated heterocycles. The molecule has 0 aliphatic rings. The Hall–Kier alpha value is -3.46. The van der Waals surface area contributed by atoms with Crippen molar-refractivity contribution in [3.8, 4) is 16.8 Å². The molecular formula is C19H13FN4O3S. The molecule has 0 atom stereocenters. The fraction of sp³-hybridized carbons (Fsp3) is 0.0526. The molecule has 0 aliphatic heterocycles. The molecule has 140 valence electrons. The number of fused-ring (bicyclic) bond motifs is 1. The number of aromatic amines is 1. The standard InChI is InChI=1S/C19H13FN4O3S/c20-13-2-4-14(5-3-13)24-18(27)15-6-1-11(12-8-21-22-9-12)7-16(15)23-19(24)28-10-17(25)26/h1-9H,10H2,(H,21,22)(H,25,26). The minimum absolute atomic E-state index is 0.218. The van der Waals surface area contributed by atoms with Gasteiger partial charge in [0.2, 0.25) is 0 Å². The Morgan fingerprint density at radius 1 is 1.18 bits per heavy atom. The molecule has 2 aromatic heterocycles. The van der Waals surface area contributed by atoms with Gasteiger partial charge in [-0.1, -0.05) is 17.8 Å². The number of carboxylic acids is 1. The van der Waals surface area contributed by atoms with Crippen molar-refractivity contribution in [1.82, 2.24) is 19.7 Å². The monoisotopic (exact) mass is 396 g/mol. The number of nitrogens with zero attached hydrogens (tertiary/aromatic N) is 3. The number of rotatable bonds is 5. The van der Waals surface area contributed by atoms with Crippen molar-refractivity contribution in [2.75, 3.05) is 5.75 Å². The number of aromatic nitrogens is 4. The summed E-state index contributed by atoms with van der Waals surface area (Å²) in [6.07, 6.45) is 3.38. The number of H-pyrrole nitrogens is 1. The minimum atomic E-state index is -1.03. The van der Waals surface area contributed by atoms with Crippen molar-refractivity contribution in [3.63, 3.8) is 0 Å². The molecule has 0 radical (unpaired) electrons. The summed E-state index contributed by atoms with van der Waals surface area (Å²) in [6, 6.07) is 10.6. The van der Waals surface area contributed by atoms with Gasteiger partial charge in [-0.3, -0.25) is 19.3 Å². The first-order valence-electron chi connectivity index (χ1n) is 8.19. The summed E-state index contributed by atoms with van der Waals surface area (Å²) in [5.41, 5.74) is 2.15. The summed E-state index contributed by atoms with van der Waals surface area (Å²) >= 11 is 0.927. The van der Waals surface area contributed by atoms with Gasteiger partial charge < -0.3 is 5.11 Å². The van der Waals surface area contributed by atoms with Crippen LogP contribution in [-0.2, 0) is 4.79 Å². The van der Waals surface area contributed by atoms with Crippen LogP contribution in [-0.4, -0.2) is 36.6 Å². The van der Waals surface area contributed by atoms with E-state index in [2.05, 4.69) is 15.2 Å². The van der Waals surface area contributed by atoms with Crippen molar-refractivity contribution in [2.45, 2.75) is 5.16 Å². The Morgan fingerprint density at radius 2 is 1.96 bits per heavy atom. The molecule has 2 heterocycles. The van der Waals surface area contributed by atoms with Crippen LogP contribution in [0.15, 0.2) is 64.8 Å². The Bertz CT molecular complexity index is 1220. The van der Waals surface area contributed by atoms with Crippen molar-refractivity contribution in [3.05, 3.63) is 71.0 Å². The average molecular weight is 396 g/mol. The largest absolute Gasteiger partial charge is 0.481 e. The van der Waals surface area contributed by atoms with Crippen LogP contribution < -0.4 is 5.56 Å². The second-order valence-electron chi connectivity index (χ2n) is 5.91. The van der Waals surface area contributed by atoms with Crippen LogP contribution >= 0.6 is 11.8 Å². The fourth-order valence-electron chi connectivity index (χ4n) is 2.79. The second kappa shape index (κ2) is 7.28. The number of nitrogens with one attached hydrogen (secondary N) is 1. The van der Waals surface area contributed by atoms with Gasteiger partial charge in [-0.25, -0.2) is 9.37 Å². The third-order valence-corrected chi connectivity index (χ3v) is 5.00. The lowest BCUT2D eigenvalue weighted by Gasteiger charge is -2.13. The summed E-state index contributed by atoms with van der Waals surface area (Å²) in [4.78, 5) is 28.7. The molecule has 28 heavy (non-hydrogen) atoms. The molecule has 2 N–H and O–H groups in total. The SMILES string of the molecule is O=C(O)CSc1nc2cc(-c3cn[nH]c3)ccc2c(=O)n1-c1ccc(F)cc1. The molecule has 4 aromatic rings. The van der Waals surface area contributed by atoms with Crippen molar-refractivity contribution in [2.24, 2.45) is 0 Å². The number of carboxylic acid groups (broad SMARTS) is 1. The van der Waals surface area contributed by atoms with Gasteiger partial charge in [-0.15, -0.1) is 0 Å². The Kier molecular flexibility index (Phi) is 4.66. The number of carbonyl (C=O) groups is 1. The Morgan fingerprint density at radius 3 is 2.64 bits per heavy atom. The summed E-state index contributed by atoms with van der Waals surface area (Å²) in [6.45, 7) is 0. The zero-order chi connectivity index (χ0) is 19.7. The topological polar surface area (TPSA) is 101 Å². The Balaban J connectivity index is 1.93. The van der Waals surface area contributed by atoms with E-state index >= 15 is 0 Å². The summed E-state index contributed by atoms with van der Waals surface area (Å²) in [5.74, 6) is -1.73. The van der Waals surface area contributed by atoms with E-state index in [9.17, 15) is 14.0 Å². The number of halogens is 1. The van der Waals surface area contributed by atoms with E-state index in [0.717, 1.165) is 22.9 Å². The van der Waals surface area contributed by atoms with Crippen LogP contribution in [0.1, 0.15) is 0 Å². The van der Waals surface area contributed by atoms with Gasteiger partial charge >= 0.3 is 5.97 Å². The lowest BCUT2D eigenvalue weighted by Crippen LogP contribution is -2.22. The van der Waals surface area contributed by atoms with Gasteiger partial charge in [-0.2, -0.15) is 5.10 Å². The number of thioether (sulfide) groups is 1. The number of hydrogen-bond acceptors (Lipinski definition) is 5. The van der Waals surface area contributed by atoms with E-state index in [0.29, 0.717) is 16.6 Å². The van der Waals surface area contributed by atoms with E-state index in [1.165, 1.54) is 28.8 Å². The van der Waals surface area contributed by atoms with Gasteiger partial charge in [-0.05, 0) is 42.0 Å². The van der Waals surface area contributed by atoms with E-state index in [-0.39, 0.29) is 16.5 Å². The minimum Gasteiger partial charge on any atom is -0.481 e. The van der Waals surface area contributed by atoms with Crippen LogP contribution in [0.3, 0.4) is 0 Å². The summed E-state index contributed by atoms with van der Waals surface area (Å²) in [7, 11) is 0. The van der Waals surface area contributed by atoms with Gasteiger partial charge in [0, 0.05) is 11.8 Å². The predicted octanol–water partition coefficient (Wildman–Crippen LogP) is 3.09. The maximum absolute atomic E-state index is 13.3. The highest BCUT2D eigenvalue weighted by Crippen LogP contribution is 2.25. The van der Waals surface area contributed by atoms with E-state index in [1.54, 1.807) is 30.6 Å². The molecule has 7 nitrogen and oxygen atoms in total. The zero-order valence-electron chi connectivity index (χ0n) is 14.3.